The quantitative estimate of drug-likeness (QED) is 0.546. The number of hydrogen-bond donors (Lipinski definition) is 0. The number of benzene rings is 3. The molecule has 0 unspecified atom stereocenters. The third-order valence-corrected chi connectivity index (χ3v) is 4.92. The highest BCUT2D eigenvalue weighted by Gasteiger charge is 2.25. The Balaban J connectivity index is 1.79. The Bertz CT molecular complexity index is 871. The van der Waals surface area contributed by atoms with Gasteiger partial charge in [-0.1, -0.05) is 72.5 Å². The predicted octanol–water partition coefficient (Wildman–Crippen LogP) is 5.53. The minimum Gasteiger partial charge on any atom is -0.206 e. The van der Waals surface area contributed by atoms with Crippen molar-refractivity contribution < 1.29 is 4.39 Å². The van der Waals surface area contributed by atoms with Crippen LogP contribution in [-0.2, 0) is 6.42 Å². The molecule has 0 saturated heterocycles. The van der Waals surface area contributed by atoms with E-state index in [2.05, 4.69) is 36.4 Å². The lowest BCUT2D eigenvalue weighted by atomic mass is 9.67. The molecule has 2 atom stereocenters. The first-order valence-corrected chi connectivity index (χ1v) is 8.40. The molecule has 1 aliphatic rings. The summed E-state index contributed by atoms with van der Waals surface area (Å²) in [5.74, 6) is 0.258. The van der Waals surface area contributed by atoms with Crippen molar-refractivity contribution in [1.82, 2.24) is 0 Å². The zero-order valence-electron chi connectivity index (χ0n) is 13.5. The van der Waals surface area contributed by atoms with E-state index in [4.69, 9.17) is 7.85 Å². The fourth-order valence-corrected chi connectivity index (χ4v) is 3.79. The van der Waals surface area contributed by atoms with Crippen LogP contribution < -0.4 is 0 Å². The van der Waals surface area contributed by atoms with Gasteiger partial charge in [0.05, 0.1) is 7.85 Å². The second-order valence-electron chi connectivity index (χ2n) is 6.56. The van der Waals surface area contributed by atoms with E-state index in [1.807, 2.05) is 24.3 Å². The fourth-order valence-electron chi connectivity index (χ4n) is 3.79. The third kappa shape index (κ3) is 2.77. The van der Waals surface area contributed by atoms with Crippen molar-refractivity contribution in [3.63, 3.8) is 0 Å². The minimum atomic E-state index is -0.185. The number of rotatable bonds is 2. The van der Waals surface area contributed by atoms with Gasteiger partial charge in [0, 0.05) is 11.5 Å². The second kappa shape index (κ2) is 6.28. The molecular formula is C22H18BF. The molecule has 0 spiro atoms. The minimum absolute atomic E-state index is 0.169. The van der Waals surface area contributed by atoms with Crippen molar-refractivity contribution in [2.24, 2.45) is 0 Å². The van der Waals surface area contributed by atoms with Crippen LogP contribution in [0.1, 0.15) is 29.0 Å². The van der Waals surface area contributed by atoms with Gasteiger partial charge in [-0.2, -0.15) is 0 Å². The number of fused-ring (bicyclic) bond motifs is 1. The zero-order chi connectivity index (χ0) is 16.5. The Morgan fingerprint density at radius 2 is 1.67 bits per heavy atom. The molecule has 24 heavy (non-hydrogen) atoms. The molecule has 0 amide bonds. The lowest BCUT2D eigenvalue weighted by Gasteiger charge is -2.30. The molecule has 0 N–H and O–H groups in total. The Morgan fingerprint density at radius 3 is 2.54 bits per heavy atom. The highest BCUT2D eigenvalue weighted by atomic mass is 19.1. The average Bonchev–Trinajstić information content (AvgIpc) is 2.61. The van der Waals surface area contributed by atoms with Crippen LogP contribution in [0.2, 0.25) is 5.82 Å². The van der Waals surface area contributed by atoms with Crippen LogP contribution in [0.25, 0.3) is 11.1 Å². The Kier molecular flexibility index (Phi) is 3.97. The van der Waals surface area contributed by atoms with Gasteiger partial charge in [0.1, 0.15) is 5.82 Å². The predicted molar refractivity (Wildman–Crippen MR) is 97.9 cm³/mol. The maximum Gasteiger partial charge on any atom is 0.131 e. The molecule has 2 heteroatoms. The van der Waals surface area contributed by atoms with Gasteiger partial charge in [0.2, 0.25) is 0 Å². The number of hydrogen-bond acceptors (Lipinski definition) is 0. The van der Waals surface area contributed by atoms with E-state index in [0.29, 0.717) is 5.56 Å². The lowest BCUT2D eigenvalue weighted by molar-refractivity contribution is 0.615. The SMILES string of the molecule is [B][C@@H]1Cc2ccccc2[C@H](c2cccc(-c3ccccc3F)c2)C1. The van der Waals surface area contributed by atoms with Crippen molar-refractivity contribution in [2.75, 3.05) is 0 Å². The van der Waals surface area contributed by atoms with Crippen molar-refractivity contribution in [3.8, 4) is 11.1 Å². The maximum absolute atomic E-state index is 14.1. The van der Waals surface area contributed by atoms with Gasteiger partial charge in [0.15, 0.2) is 0 Å². The van der Waals surface area contributed by atoms with Crippen LogP contribution >= 0.6 is 0 Å². The summed E-state index contributed by atoms with van der Waals surface area (Å²) in [6.45, 7) is 0. The smallest absolute Gasteiger partial charge is 0.131 e. The summed E-state index contributed by atoms with van der Waals surface area (Å²) < 4.78 is 14.1. The van der Waals surface area contributed by atoms with Crippen molar-refractivity contribution in [1.29, 1.82) is 0 Å². The summed E-state index contributed by atoms with van der Waals surface area (Å²) in [6.07, 6.45) is 1.86. The normalized spacial score (nSPS) is 19.7. The van der Waals surface area contributed by atoms with Crippen molar-refractivity contribution in [3.05, 3.63) is 95.3 Å². The monoisotopic (exact) mass is 312 g/mol. The highest BCUT2D eigenvalue weighted by Crippen LogP contribution is 2.41. The van der Waals surface area contributed by atoms with Crippen molar-refractivity contribution in [2.45, 2.75) is 24.6 Å². The topological polar surface area (TPSA) is 0 Å². The van der Waals surface area contributed by atoms with E-state index in [-0.39, 0.29) is 17.6 Å². The van der Waals surface area contributed by atoms with Crippen LogP contribution in [0, 0.1) is 5.82 Å². The Labute approximate surface area is 143 Å². The number of halogens is 1. The first kappa shape index (κ1) is 15.2. The first-order valence-electron chi connectivity index (χ1n) is 8.40. The van der Waals surface area contributed by atoms with Gasteiger partial charge in [-0.05, 0) is 41.2 Å². The van der Waals surface area contributed by atoms with Crippen LogP contribution in [0.15, 0.2) is 72.8 Å². The summed E-state index contributed by atoms with van der Waals surface area (Å²) in [7, 11) is 6.29. The van der Waals surface area contributed by atoms with Gasteiger partial charge < -0.3 is 0 Å². The molecule has 2 radical (unpaired) electrons. The molecule has 0 nitrogen and oxygen atoms in total. The van der Waals surface area contributed by atoms with Gasteiger partial charge in [-0.25, -0.2) is 4.39 Å². The maximum atomic E-state index is 14.1. The summed E-state index contributed by atoms with van der Waals surface area (Å²) in [6, 6.07) is 23.7. The molecule has 4 rings (SSSR count). The van der Waals surface area contributed by atoms with Gasteiger partial charge in [-0.3, -0.25) is 0 Å². The molecule has 3 aromatic carbocycles. The van der Waals surface area contributed by atoms with E-state index in [1.165, 1.54) is 22.8 Å². The first-order chi connectivity index (χ1) is 11.7. The second-order valence-corrected chi connectivity index (χ2v) is 6.56. The summed E-state index contributed by atoms with van der Waals surface area (Å²) in [5.41, 5.74) is 5.45. The summed E-state index contributed by atoms with van der Waals surface area (Å²) in [5, 5.41) is 0. The highest BCUT2D eigenvalue weighted by molar-refractivity contribution is 6.12. The fraction of sp³-hybridized carbons (Fsp3) is 0.182. The Morgan fingerprint density at radius 1 is 0.875 bits per heavy atom. The molecule has 0 aliphatic heterocycles. The zero-order valence-corrected chi connectivity index (χ0v) is 13.5. The third-order valence-electron chi connectivity index (χ3n) is 4.92. The molecule has 0 saturated carbocycles. The molecular weight excluding hydrogens is 294 g/mol. The van der Waals surface area contributed by atoms with Crippen LogP contribution in [-0.4, -0.2) is 7.85 Å². The van der Waals surface area contributed by atoms with E-state index >= 15 is 0 Å². The molecule has 0 bridgehead atoms. The Hall–Kier alpha value is -2.35. The van der Waals surface area contributed by atoms with Gasteiger partial charge >= 0.3 is 0 Å². The largest absolute Gasteiger partial charge is 0.206 e. The molecule has 0 heterocycles. The summed E-state index contributed by atoms with van der Waals surface area (Å²) in [4.78, 5) is 0. The van der Waals surface area contributed by atoms with E-state index in [9.17, 15) is 4.39 Å². The van der Waals surface area contributed by atoms with Gasteiger partial charge in [0.25, 0.3) is 0 Å². The molecule has 116 valence electrons. The van der Waals surface area contributed by atoms with Crippen LogP contribution in [0.4, 0.5) is 4.39 Å². The molecule has 3 aromatic rings. The van der Waals surface area contributed by atoms with Crippen molar-refractivity contribution >= 4 is 7.85 Å². The molecule has 0 fully saturated rings. The van der Waals surface area contributed by atoms with E-state index in [1.54, 1.807) is 6.07 Å². The molecule has 0 aromatic heterocycles. The molecule has 1 aliphatic carbocycles. The standard InChI is InChI=1S/C22H18BF/c23-18-13-17-6-1-2-9-19(17)21(14-18)16-8-5-7-15(12-16)20-10-3-4-11-22(20)24/h1-12,18,21H,13-14H2/t18-,21+/m1/s1. The van der Waals surface area contributed by atoms with E-state index in [0.717, 1.165) is 18.4 Å². The average molecular weight is 312 g/mol. The lowest BCUT2D eigenvalue weighted by Crippen LogP contribution is -2.16. The summed E-state index contributed by atoms with van der Waals surface area (Å²) >= 11 is 0. The van der Waals surface area contributed by atoms with Crippen LogP contribution in [0.3, 0.4) is 0 Å². The van der Waals surface area contributed by atoms with Crippen LogP contribution in [0.5, 0.6) is 0 Å². The van der Waals surface area contributed by atoms with E-state index < -0.39 is 0 Å². The van der Waals surface area contributed by atoms with Gasteiger partial charge in [-0.15, -0.1) is 0 Å².